The van der Waals surface area contributed by atoms with Gasteiger partial charge in [0.2, 0.25) is 5.95 Å². The Morgan fingerprint density at radius 2 is 1.90 bits per heavy atom. The molecule has 1 aromatic heterocycles. The van der Waals surface area contributed by atoms with Gasteiger partial charge in [-0.1, -0.05) is 0 Å². The summed E-state index contributed by atoms with van der Waals surface area (Å²) in [6.07, 6.45) is 3.55. The molecule has 0 aromatic carbocycles. The molecule has 0 radical (unpaired) electrons. The van der Waals surface area contributed by atoms with Crippen molar-refractivity contribution in [2.45, 2.75) is 18.8 Å². The Labute approximate surface area is 122 Å². The Morgan fingerprint density at radius 3 is 2.62 bits per heavy atom. The minimum absolute atomic E-state index is 0.00711. The first-order valence-electron chi connectivity index (χ1n) is 7.29. The van der Waals surface area contributed by atoms with E-state index in [1.807, 2.05) is 9.80 Å². The molecule has 3 rings (SSSR count). The molecule has 0 bridgehead atoms. The fourth-order valence-corrected chi connectivity index (χ4v) is 3.44. The third-order valence-corrected chi connectivity index (χ3v) is 4.65. The SMILES string of the molecule is OCCN1CCC(F)(F)[C@]2(CCN(c3ncccn3)C2)C1. The van der Waals surface area contributed by atoms with Gasteiger partial charge >= 0.3 is 0 Å². The number of halogens is 2. The zero-order valence-corrected chi connectivity index (χ0v) is 11.9. The molecule has 2 saturated heterocycles. The molecule has 1 atom stereocenters. The summed E-state index contributed by atoms with van der Waals surface area (Å²) in [5.41, 5.74) is -1.06. The number of hydrogen-bond donors (Lipinski definition) is 1. The topological polar surface area (TPSA) is 52.5 Å². The second-order valence-electron chi connectivity index (χ2n) is 5.95. The second kappa shape index (κ2) is 5.46. The molecule has 116 valence electrons. The lowest BCUT2D eigenvalue weighted by atomic mass is 9.75. The van der Waals surface area contributed by atoms with Crippen molar-refractivity contribution in [3.63, 3.8) is 0 Å². The van der Waals surface area contributed by atoms with Crippen LogP contribution in [0.15, 0.2) is 18.5 Å². The summed E-state index contributed by atoms with van der Waals surface area (Å²) in [6.45, 7) is 1.95. The van der Waals surface area contributed by atoms with Gasteiger partial charge in [0.15, 0.2) is 0 Å². The van der Waals surface area contributed by atoms with Gasteiger partial charge < -0.3 is 10.0 Å². The predicted molar refractivity (Wildman–Crippen MR) is 74.4 cm³/mol. The van der Waals surface area contributed by atoms with E-state index >= 15 is 0 Å². The Hall–Kier alpha value is -1.34. The van der Waals surface area contributed by atoms with Crippen LogP contribution in [-0.4, -0.2) is 65.2 Å². The highest BCUT2D eigenvalue weighted by Gasteiger charge is 2.59. The third kappa shape index (κ3) is 2.60. The van der Waals surface area contributed by atoms with E-state index in [0.29, 0.717) is 38.5 Å². The molecule has 1 spiro atoms. The second-order valence-corrected chi connectivity index (χ2v) is 5.95. The molecule has 1 N–H and O–H groups in total. The van der Waals surface area contributed by atoms with Crippen molar-refractivity contribution in [1.29, 1.82) is 0 Å². The lowest BCUT2D eigenvalue weighted by Crippen LogP contribution is -2.57. The fourth-order valence-electron chi connectivity index (χ4n) is 3.44. The molecule has 2 aliphatic heterocycles. The molecule has 0 unspecified atom stereocenters. The smallest absolute Gasteiger partial charge is 0.257 e. The Morgan fingerprint density at radius 1 is 1.14 bits per heavy atom. The molecule has 21 heavy (non-hydrogen) atoms. The normalized spacial score (nSPS) is 29.2. The van der Waals surface area contributed by atoms with Crippen LogP contribution in [0.4, 0.5) is 14.7 Å². The minimum atomic E-state index is -2.68. The van der Waals surface area contributed by atoms with Crippen LogP contribution in [0.5, 0.6) is 0 Å². The van der Waals surface area contributed by atoms with Crippen LogP contribution < -0.4 is 4.90 Å². The van der Waals surface area contributed by atoms with Crippen LogP contribution in [-0.2, 0) is 0 Å². The van der Waals surface area contributed by atoms with Crippen LogP contribution in [0.3, 0.4) is 0 Å². The average Bonchev–Trinajstić information content (AvgIpc) is 2.91. The molecular formula is C14H20F2N4O. The van der Waals surface area contributed by atoms with Gasteiger partial charge in [-0.05, 0) is 12.5 Å². The summed E-state index contributed by atoms with van der Waals surface area (Å²) in [5, 5.41) is 9.05. The van der Waals surface area contributed by atoms with Crippen LogP contribution in [0, 0.1) is 5.41 Å². The van der Waals surface area contributed by atoms with Crippen molar-refractivity contribution in [3.8, 4) is 0 Å². The number of aliphatic hydroxyl groups excluding tert-OH is 1. The summed E-state index contributed by atoms with van der Waals surface area (Å²) >= 11 is 0. The van der Waals surface area contributed by atoms with Gasteiger partial charge in [-0.2, -0.15) is 0 Å². The van der Waals surface area contributed by atoms with Crippen molar-refractivity contribution < 1.29 is 13.9 Å². The van der Waals surface area contributed by atoms with Crippen LogP contribution in [0.25, 0.3) is 0 Å². The van der Waals surface area contributed by atoms with Gasteiger partial charge in [-0.3, -0.25) is 4.90 Å². The fraction of sp³-hybridized carbons (Fsp3) is 0.714. The van der Waals surface area contributed by atoms with Crippen molar-refractivity contribution in [1.82, 2.24) is 14.9 Å². The summed E-state index contributed by atoms with van der Waals surface area (Å²) in [5.74, 6) is -2.16. The minimum Gasteiger partial charge on any atom is -0.395 e. The molecule has 2 aliphatic rings. The van der Waals surface area contributed by atoms with Crippen LogP contribution in [0.2, 0.25) is 0 Å². The van der Waals surface area contributed by atoms with Gasteiger partial charge in [0.25, 0.3) is 5.92 Å². The zero-order valence-electron chi connectivity index (χ0n) is 11.9. The van der Waals surface area contributed by atoms with E-state index in [2.05, 4.69) is 9.97 Å². The monoisotopic (exact) mass is 298 g/mol. The predicted octanol–water partition coefficient (Wildman–Crippen LogP) is 1.01. The third-order valence-electron chi connectivity index (χ3n) is 4.65. The van der Waals surface area contributed by atoms with E-state index in [1.165, 1.54) is 0 Å². The first-order chi connectivity index (χ1) is 10.1. The highest BCUT2D eigenvalue weighted by Crippen LogP contribution is 2.49. The van der Waals surface area contributed by atoms with E-state index in [0.717, 1.165) is 0 Å². The summed E-state index contributed by atoms with van der Waals surface area (Å²) < 4.78 is 29.0. The van der Waals surface area contributed by atoms with E-state index in [1.54, 1.807) is 18.5 Å². The van der Waals surface area contributed by atoms with Crippen molar-refractivity contribution >= 4 is 5.95 Å². The summed E-state index contributed by atoms with van der Waals surface area (Å²) in [7, 11) is 0. The summed E-state index contributed by atoms with van der Waals surface area (Å²) in [6, 6.07) is 1.72. The Balaban J connectivity index is 1.79. The molecule has 5 nitrogen and oxygen atoms in total. The van der Waals surface area contributed by atoms with Gasteiger partial charge in [0.1, 0.15) is 0 Å². The highest BCUT2D eigenvalue weighted by atomic mass is 19.3. The molecule has 0 aliphatic carbocycles. The molecule has 3 heterocycles. The van der Waals surface area contributed by atoms with Gasteiger partial charge in [-0.25, -0.2) is 18.7 Å². The van der Waals surface area contributed by atoms with Crippen LogP contribution in [0.1, 0.15) is 12.8 Å². The molecular weight excluding hydrogens is 278 g/mol. The van der Waals surface area contributed by atoms with Crippen LogP contribution >= 0.6 is 0 Å². The first kappa shape index (κ1) is 14.6. The number of nitrogens with zero attached hydrogens (tertiary/aromatic N) is 4. The first-order valence-corrected chi connectivity index (χ1v) is 7.29. The number of β-amino-alcohol motifs (C(OH)–C–C–N with tert-alkyl or cyclic N) is 1. The molecule has 2 fully saturated rings. The number of anilines is 1. The maximum Gasteiger partial charge on any atom is 0.257 e. The van der Waals surface area contributed by atoms with E-state index in [9.17, 15) is 8.78 Å². The van der Waals surface area contributed by atoms with E-state index in [-0.39, 0.29) is 19.6 Å². The van der Waals surface area contributed by atoms with Gasteiger partial charge in [-0.15, -0.1) is 0 Å². The molecule has 1 aromatic rings. The Bertz CT molecular complexity index is 487. The number of alkyl halides is 2. The maximum atomic E-state index is 14.5. The van der Waals surface area contributed by atoms with Gasteiger partial charge in [0.05, 0.1) is 12.0 Å². The number of aliphatic hydroxyl groups is 1. The molecule has 7 heteroatoms. The lowest BCUT2D eigenvalue weighted by Gasteiger charge is -2.45. The summed E-state index contributed by atoms with van der Waals surface area (Å²) in [4.78, 5) is 12.1. The maximum absolute atomic E-state index is 14.5. The lowest BCUT2D eigenvalue weighted by molar-refractivity contribution is -0.158. The number of aromatic nitrogens is 2. The number of rotatable bonds is 3. The van der Waals surface area contributed by atoms with E-state index < -0.39 is 11.3 Å². The molecule has 0 amide bonds. The number of hydrogen-bond acceptors (Lipinski definition) is 5. The largest absolute Gasteiger partial charge is 0.395 e. The zero-order chi connectivity index (χ0) is 14.9. The Kier molecular flexibility index (Phi) is 3.79. The average molecular weight is 298 g/mol. The molecule has 0 saturated carbocycles. The quantitative estimate of drug-likeness (QED) is 0.902. The van der Waals surface area contributed by atoms with Crippen molar-refractivity contribution in [2.75, 3.05) is 44.2 Å². The van der Waals surface area contributed by atoms with Gasteiger partial charge in [0, 0.05) is 51.5 Å². The van der Waals surface area contributed by atoms with Crippen molar-refractivity contribution in [3.05, 3.63) is 18.5 Å². The van der Waals surface area contributed by atoms with Crippen molar-refractivity contribution in [2.24, 2.45) is 5.41 Å². The number of piperidine rings is 1. The highest BCUT2D eigenvalue weighted by molar-refractivity contribution is 5.33. The van der Waals surface area contributed by atoms with E-state index in [4.69, 9.17) is 5.11 Å². The standard InChI is InChI=1S/C14H20F2N4O/c15-14(16)3-6-19(8-9-21)10-13(14)2-7-20(11-13)12-17-4-1-5-18-12/h1,4-5,21H,2-3,6-11H2/t13-/m1/s1. The number of likely N-dealkylation sites (tertiary alicyclic amines) is 1.